The predicted octanol–water partition coefficient (Wildman–Crippen LogP) is 1.92. The van der Waals surface area contributed by atoms with E-state index in [0.29, 0.717) is 31.7 Å². The first kappa shape index (κ1) is 23.6. The molecule has 184 valence electrons. The Morgan fingerprint density at radius 2 is 1.72 bits per heavy atom. The molecule has 1 fully saturated rings. The van der Waals surface area contributed by atoms with Gasteiger partial charge in [-0.3, -0.25) is 34.2 Å². The van der Waals surface area contributed by atoms with Gasteiger partial charge in [0.15, 0.2) is 0 Å². The fourth-order valence-corrected chi connectivity index (χ4v) is 4.84. The van der Waals surface area contributed by atoms with Crippen molar-refractivity contribution in [3.63, 3.8) is 0 Å². The number of amides is 5. The van der Waals surface area contributed by atoms with E-state index < -0.39 is 29.7 Å². The van der Waals surface area contributed by atoms with E-state index in [-0.39, 0.29) is 36.5 Å². The summed E-state index contributed by atoms with van der Waals surface area (Å²) in [7, 11) is 0. The standard InChI is InChI=1S/C27H25N3O6/c31-22-10-9-21(25(33)28-22)30-26(34)20-8-4-7-19(24(20)27(30)35)18-11-13-29(14-12-18)23(32)16-36-15-17-5-2-1-3-6-17/h1-8,11,21H,9-10,12-16H2,(H,28,31,33). The molecule has 2 aromatic rings. The van der Waals surface area contributed by atoms with Gasteiger partial charge >= 0.3 is 0 Å². The number of rotatable bonds is 6. The van der Waals surface area contributed by atoms with Crippen molar-refractivity contribution in [3.8, 4) is 0 Å². The number of nitrogens with one attached hydrogen (secondary N) is 1. The molecule has 0 saturated carbocycles. The first-order chi connectivity index (χ1) is 17.4. The van der Waals surface area contributed by atoms with Crippen molar-refractivity contribution in [3.05, 3.63) is 76.9 Å². The van der Waals surface area contributed by atoms with E-state index in [9.17, 15) is 24.0 Å². The van der Waals surface area contributed by atoms with Crippen LogP contribution in [0.4, 0.5) is 0 Å². The molecule has 2 aromatic carbocycles. The molecule has 0 bridgehead atoms. The molecule has 5 amide bonds. The molecule has 3 aliphatic rings. The van der Waals surface area contributed by atoms with Crippen molar-refractivity contribution < 1.29 is 28.7 Å². The monoisotopic (exact) mass is 487 g/mol. The molecule has 9 nitrogen and oxygen atoms in total. The van der Waals surface area contributed by atoms with Crippen molar-refractivity contribution in [2.45, 2.75) is 31.9 Å². The van der Waals surface area contributed by atoms with E-state index in [1.165, 1.54) is 0 Å². The maximum absolute atomic E-state index is 13.3. The highest BCUT2D eigenvalue weighted by Gasteiger charge is 2.45. The number of benzene rings is 2. The number of hydrogen-bond donors (Lipinski definition) is 1. The van der Waals surface area contributed by atoms with E-state index in [1.54, 1.807) is 23.1 Å². The zero-order chi connectivity index (χ0) is 25.2. The molecule has 1 saturated heterocycles. The maximum atomic E-state index is 13.3. The van der Waals surface area contributed by atoms with E-state index in [0.717, 1.165) is 16.0 Å². The highest BCUT2D eigenvalue weighted by atomic mass is 16.5. The van der Waals surface area contributed by atoms with Crippen LogP contribution in [0.5, 0.6) is 0 Å². The Labute approximate surface area is 207 Å². The van der Waals surface area contributed by atoms with Crippen molar-refractivity contribution in [2.24, 2.45) is 0 Å². The van der Waals surface area contributed by atoms with Crippen molar-refractivity contribution >= 4 is 35.1 Å². The summed E-state index contributed by atoms with van der Waals surface area (Å²) < 4.78 is 5.56. The maximum Gasteiger partial charge on any atom is 0.262 e. The summed E-state index contributed by atoms with van der Waals surface area (Å²) in [6.45, 7) is 1.16. The smallest absolute Gasteiger partial charge is 0.262 e. The Kier molecular flexibility index (Phi) is 6.47. The Morgan fingerprint density at radius 3 is 2.44 bits per heavy atom. The van der Waals surface area contributed by atoms with E-state index >= 15 is 0 Å². The third kappa shape index (κ3) is 4.45. The molecule has 0 radical (unpaired) electrons. The number of piperidine rings is 1. The Bertz CT molecular complexity index is 1290. The molecule has 1 atom stereocenters. The summed E-state index contributed by atoms with van der Waals surface area (Å²) in [4.78, 5) is 65.5. The predicted molar refractivity (Wildman–Crippen MR) is 128 cm³/mol. The van der Waals surface area contributed by atoms with Crippen LogP contribution >= 0.6 is 0 Å². The van der Waals surface area contributed by atoms with Gasteiger partial charge in [-0.2, -0.15) is 0 Å². The third-order valence-corrected chi connectivity index (χ3v) is 6.71. The lowest BCUT2D eigenvalue weighted by Gasteiger charge is -2.28. The molecule has 3 aliphatic heterocycles. The summed E-state index contributed by atoms with van der Waals surface area (Å²) >= 11 is 0. The lowest BCUT2D eigenvalue weighted by Crippen LogP contribution is -2.54. The van der Waals surface area contributed by atoms with Crippen LogP contribution in [0.1, 0.15) is 51.1 Å². The lowest BCUT2D eigenvalue weighted by atomic mass is 9.92. The van der Waals surface area contributed by atoms with Crippen LogP contribution in [-0.2, 0) is 25.7 Å². The molecule has 1 N–H and O–H groups in total. The van der Waals surface area contributed by atoms with Crippen LogP contribution in [0.15, 0.2) is 54.6 Å². The molecule has 36 heavy (non-hydrogen) atoms. The summed E-state index contributed by atoms with van der Waals surface area (Å²) in [6.07, 6.45) is 2.58. The van der Waals surface area contributed by atoms with Crippen LogP contribution in [0.3, 0.4) is 0 Å². The second-order valence-electron chi connectivity index (χ2n) is 8.97. The van der Waals surface area contributed by atoms with Crippen LogP contribution in [0.25, 0.3) is 5.57 Å². The molecule has 5 rings (SSSR count). The summed E-state index contributed by atoms with van der Waals surface area (Å²) in [5.74, 6) is -2.23. The SMILES string of the molecule is O=C1CCC(N2C(=O)c3cccc(C4=CCN(C(=O)COCc5ccccc5)CC4)c3C2=O)C(=O)N1. The minimum absolute atomic E-state index is 0.0211. The van der Waals surface area contributed by atoms with Gasteiger partial charge < -0.3 is 9.64 Å². The van der Waals surface area contributed by atoms with Gasteiger partial charge in [-0.15, -0.1) is 0 Å². The number of fused-ring (bicyclic) bond motifs is 1. The largest absolute Gasteiger partial charge is 0.367 e. The van der Waals surface area contributed by atoms with Crippen LogP contribution in [-0.4, -0.2) is 65.1 Å². The Morgan fingerprint density at radius 1 is 0.944 bits per heavy atom. The van der Waals surface area contributed by atoms with Crippen molar-refractivity contribution in [1.82, 2.24) is 15.1 Å². The molecular formula is C27H25N3O6. The number of carbonyl (C=O) groups is 5. The minimum atomic E-state index is -1.01. The van der Waals surface area contributed by atoms with Gasteiger partial charge in [0.25, 0.3) is 11.8 Å². The second kappa shape index (κ2) is 9.87. The fraction of sp³-hybridized carbons (Fsp3) is 0.296. The summed E-state index contributed by atoms with van der Waals surface area (Å²) in [6, 6.07) is 13.7. The number of imide groups is 2. The normalized spacial score (nSPS) is 19.8. The Hall–Kier alpha value is -4.11. The van der Waals surface area contributed by atoms with Gasteiger partial charge in [0.2, 0.25) is 17.7 Å². The van der Waals surface area contributed by atoms with Crippen LogP contribution in [0, 0.1) is 0 Å². The zero-order valence-corrected chi connectivity index (χ0v) is 19.6. The Balaban J connectivity index is 1.27. The van der Waals surface area contributed by atoms with Crippen molar-refractivity contribution in [2.75, 3.05) is 19.7 Å². The van der Waals surface area contributed by atoms with Crippen molar-refractivity contribution in [1.29, 1.82) is 0 Å². The topological polar surface area (TPSA) is 113 Å². The molecule has 9 heteroatoms. The first-order valence-corrected chi connectivity index (χ1v) is 11.9. The number of carbonyl (C=O) groups excluding carboxylic acids is 5. The quantitative estimate of drug-likeness (QED) is 0.623. The fourth-order valence-electron chi connectivity index (χ4n) is 4.84. The van der Waals surface area contributed by atoms with Crippen LogP contribution < -0.4 is 5.32 Å². The first-order valence-electron chi connectivity index (χ1n) is 11.9. The number of ether oxygens (including phenoxy) is 1. The molecule has 0 spiro atoms. The van der Waals surface area contributed by atoms with E-state index in [2.05, 4.69) is 5.32 Å². The zero-order valence-electron chi connectivity index (χ0n) is 19.6. The summed E-state index contributed by atoms with van der Waals surface area (Å²) in [5, 5.41) is 2.21. The minimum Gasteiger partial charge on any atom is -0.367 e. The molecule has 0 aromatic heterocycles. The van der Waals surface area contributed by atoms with E-state index in [4.69, 9.17) is 4.74 Å². The lowest BCUT2D eigenvalue weighted by molar-refractivity contribution is -0.137. The summed E-state index contributed by atoms with van der Waals surface area (Å²) in [5.41, 5.74) is 3.01. The molecular weight excluding hydrogens is 462 g/mol. The van der Waals surface area contributed by atoms with Gasteiger partial charge in [0, 0.05) is 19.5 Å². The highest BCUT2D eigenvalue weighted by molar-refractivity contribution is 6.25. The second-order valence-corrected chi connectivity index (χ2v) is 8.97. The van der Waals surface area contributed by atoms with Gasteiger partial charge in [0.05, 0.1) is 17.7 Å². The average Bonchev–Trinajstić information content (AvgIpc) is 3.15. The van der Waals surface area contributed by atoms with Gasteiger partial charge in [-0.05, 0) is 35.6 Å². The third-order valence-electron chi connectivity index (χ3n) is 6.71. The number of nitrogens with zero attached hydrogens (tertiary/aromatic N) is 2. The molecule has 1 unspecified atom stereocenters. The van der Waals surface area contributed by atoms with Crippen LogP contribution in [0.2, 0.25) is 0 Å². The molecule has 0 aliphatic carbocycles. The molecule has 3 heterocycles. The van der Waals surface area contributed by atoms with Gasteiger partial charge in [0.1, 0.15) is 12.6 Å². The highest BCUT2D eigenvalue weighted by Crippen LogP contribution is 2.34. The van der Waals surface area contributed by atoms with Gasteiger partial charge in [-0.1, -0.05) is 48.5 Å². The average molecular weight is 488 g/mol. The van der Waals surface area contributed by atoms with E-state index in [1.807, 2.05) is 36.4 Å². The van der Waals surface area contributed by atoms with Gasteiger partial charge in [-0.25, -0.2) is 0 Å². The number of hydrogen-bond acceptors (Lipinski definition) is 6.